The molecular weight excluding hydrogens is 336 g/mol. The van der Waals surface area contributed by atoms with Crippen molar-refractivity contribution in [3.8, 4) is 11.1 Å². The van der Waals surface area contributed by atoms with Crippen molar-refractivity contribution >= 4 is 16.8 Å². The van der Waals surface area contributed by atoms with E-state index in [-0.39, 0.29) is 0 Å². The normalized spacial score (nSPS) is 11.9. The molecule has 4 nitrogen and oxygen atoms in total. The van der Waals surface area contributed by atoms with Crippen molar-refractivity contribution in [1.29, 1.82) is 0 Å². The van der Waals surface area contributed by atoms with Crippen molar-refractivity contribution in [3.05, 3.63) is 102 Å². The first kappa shape index (κ1) is 16.9. The summed E-state index contributed by atoms with van der Waals surface area (Å²) in [4.78, 5) is 16.9. The molecule has 132 valence electrons. The number of nitrogens with one attached hydrogen (secondary N) is 1. The van der Waals surface area contributed by atoms with Gasteiger partial charge in [-0.05, 0) is 34.9 Å². The van der Waals surface area contributed by atoms with E-state index in [1.807, 2.05) is 85.1 Å². The fourth-order valence-electron chi connectivity index (χ4n) is 3.33. The van der Waals surface area contributed by atoms with Crippen LogP contribution in [0.2, 0.25) is 0 Å². The number of hydrogen-bond acceptors (Lipinski definition) is 3. The quantitative estimate of drug-likeness (QED) is 0.418. The van der Waals surface area contributed by atoms with Crippen molar-refractivity contribution in [3.63, 3.8) is 0 Å². The molecule has 4 heteroatoms. The van der Waals surface area contributed by atoms with Crippen LogP contribution >= 0.6 is 0 Å². The largest absolute Gasteiger partial charge is 0.289 e. The van der Waals surface area contributed by atoms with Gasteiger partial charge in [0.1, 0.15) is 0 Å². The second kappa shape index (κ2) is 7.40. The number of pyridine rings is 1. The fourth-order valence-corrected chi connectivity index (χ4v) is 3.33. The molecule has 2 N–H and O–H groups in total. The van der Waals surface area contributed by atoms with E-state index < -0.39 is 11.8 Å². The predicted molar refractivity (Wildman–Crippen MR) is 105 cm³/mol. The Kier molecular flexibility index (Phi) is 4.64. The highest BCUT2D eigenvalue weighted by Gasteiger charge is 2.22. The molecule has 1 atom stereocenters. The molecule has 0 saturated carbocycles. The zero-order valence-corrected chi connectivity index (χ0v) is 14.5. The van der Waals surface area contributed by atoms with Gasteiger partial charge in [-0.25, -0.2) is 5.48 Å². The Hall–Kier alpha value is -3.50. The number of para-hydroxylation sites is 1. The van der Waals surface area contributed by atoms with E-state index in [0.717, 1.165) is 33.2 Å². The molecule has 1 unspecified atom stereocenters. The lowest BCUT2D eigenvalue weighted by Crippen LogP contribution is -2.27. The molecule has 1 heterocycles. The van der Waals surface area contributed by atoms with Gasteiger partial charge < -0.3 is 0 Å². The van der Waals surface area contributed by atoms with Crippen LogP contribution in [-0.4, -0.2) is 16.1 Å². The number of hydroxylamine groups is 1. The Morgan fingerprint density at radius 1 is 0.815 bits per heavy atom. The highest BCUT2D eigenvalue weighted by molar-refractivity contribution is 5.87. The van der Waals surface area contributed by atoms with Gasteiger partial charge in [0.15, 0.2) is 0 Å². The van der Waals surface area contributed by atoms with Gasteiger partial charge in [-0.15, -0.1) is 0 Å². The molecule has 4 aromatic rings. The molecule has 1 aromatic heterocycles. The van der Waals surface area contributed by atoms with Gasteiger partial charge in [-0.3, -0.25) is 15.0 Å². The Bertz CT molecular complexity index is 1090. The minimum atomic E-state index is -0.593. The number of amides is 1. The Morgan fingerprint density at radius 3 is 2.37 bits per heavy atom. The lowest BCUT2D eigenvalue weighted by Gasteiger charge is -2.17. The van der Waals surface area contributed by atoms with E-state index in [2.05, 4.69) is 11.1 Å². The van der Waals surface area contributed by atoms with Crippen LogP contribution in [-0.2, 0) is 4.79 Å². The number of hydrogen-bond donors (Lipinski definition) is 2. The molecule has 27 heavy (non-hydrogen) atoms. The van der Waals surface area contributed by atoms with Gasteiger partial charge in [-0.2, -0.15) is 0 Å². The van der Waals surface area contributed by atoms with Gasteiger partial charge in [0, 0.05) is 17.1 Å². The number of carbonyl (C=O) groups excluding carboxylic acids is 1. The molecule has 0 spiro atoms. The molecule has 1 amide bonds. The van der Waals surface area contributed by atoms with Crippen LogP contribution < -0.4 is 5.48 Å². The van der Waals surface area contributed by atoms with E-state index in [4.69, 9.17) is 0 Å². The SMILES string of the molecule is O=C(NO)C(c1ccccc1)c1cccc(-c2cnc3ccccc3c2)c1. The maximum absolute atomic E-state index is 12.4. The standard InChI is InChI=1S/C23H18N2O2/c26-23(25-27)22(16-7-2-1-3-8-16)19-11-6-10-17(13-19)20-14-18-9-4-5-12-21(18)24-15-20/h1-15,22,27H,(H,25,26). The molecule has 0 saturated heterocycles. The smallest absolute Gasteiger partial charge is 0.255 e. The molecule has 0 aliphatic rings. The van der Waals surface area contributed by atoms with Gasteiger partial charge >= 0.3 is 0 Å². The van der Waals surface area contributed by atoms with E-state index in [0.29, 0.717) is 0 Å². The second-order valence-electron chi connectivity index (χ2n) is 6.36. The lowest BCUT2D eigenvalue weighted by atomic mass is 9.89. The van der Waals surface area contributed by atoms with Crippen LogP contribution in [0.1, 0.15) is 17.0 Å². The summed E-state index contributed by atoms with van der Waals surface area (Å²) in [6, 6.07) is 27.2. The maximum Gasteiger partial charge on any atom is 0.255 e. The Balaban J connectivity index is 1.79. The molecule has 3 aromatic carbocycles. The van der Waals surface area contributed by atoms with Crippen molar-refractivity contribution in [1.82, 2.24) is 10.5 Å². The molecule has 0 aliphatic heterocycles. The fraction of sp³-hybridized carbons (Fsp3) is 0.0435. The average Bonchev–Trinajstić information content (AvgIpc) is 2.74. The number of benzene rings is 3. The van der Waals surface area contributed by atoms with Crippen LogP contribution in [0.15, 0.2) is 91.1 Å². The van der Waals surface area contributed by atoms with Crippen molar-refractivity contribution in [2.24, 2.45) is 0 Å². The van der Waals surface area contributed by atoms with Crippen molar-refractivity contribution in [2.45, 2.75) is 5.92 Å². The lowest BCUT2D eigenvalue weighted by molar-refractivity contribution is -0.129. The summed E-state index contributed by atoms with van der Waals surface area (Å²) in [7, 11) is 0. The number of carbonyl (C=O) groups is 1. The van der Waals surface area contributed by atoms with E-state index in [9.17, 15) is 10.0 Å². The highest BCUT2D eigenvalue weighted by Crippen LogP contribution is 2.29. The number of aromatic nitrogens is 1. The van der Waals surface area contributed by atoms with E-state index >= 15 is 0 Å². The summed E-state index contributed by atoms with van der Waals surface area (Å²) in [5.74, 6) is -1.06. The van der Waals surface area contributed by atoms with Crippen molar-refractivity contribution in [2.75, 3.05) is 0 Å². The Morgan fingerprint density at radius 2 is 1.56 bits per heavy atom. The first-order chi connectivity index (χ1) is 13.3. The summed E-state index contributed by atoms with van der Waals surface area (Å²) >= 11 is 0. The van der Waals surface area contributed by atoms with Gasteiger partial charge in [0.2, 0.25) is 0 Å². The number of nitrogens with zero attached hydrogens (tertiary/aromatic N) is 1. The zero-order chi connectivity index (χ0) is 18.6. The third kappa shape index (κ3) is 3.43. The molecule has 0 bridgehead atoms. The number of rotatable bonds is 4. The molecular formula is C23H18N2O2. The highest BCUT2D eigenvalue weighted by atomic mass is 16.5. The summed E-state index contributed by atoms with van der Waals surface area (Å²) in [5, 5.41) is 10.3. The van der Waals surface area contributed by atoms with Crippen LogP contribution in [0.5, 0.6) is 0 Å². The number of fused-ring (bicyclic) bond motifs is 1. The van der Waals surface area contributed by atoms with Crippen LogP contribution in [0.3, 0.4) is 0 Å². The molecule has 0 fully saturated rings. The molecule has 0 aliphatic carbocycles. The van der Waals surface area contributed by atoms with Crippen LogP contribution in [0.4, 0.5) is 0 Å². The van der Waals surface area contributed by atoms with Gasteiger partial charge in [0.25, 0.3) is 5.91 Å². The van der Waals surface area contributed by atoms with Crippen molar-refractivity contribution < 1.29 is 10.0 Å². The third-order valence-corrected chi connectivity index (χ3v) is 4.65. The predicted octanol–water partition coefficient (Wildman–Crippen LogP) is 4.54. The molecule has 0 radical (unpaired) electrons. The Labute approximate surface area is 157 Å². The monoisotopic (exact) mass is 354 g/mol. The molecule has 4 rings (SSSR count). The second-order valence-corrected chi connectivity index (χ2v) is 6.36. The summed E-state index contributed by atoms with van der Waals surface area (Å²) in [6.07, 6.45) is 1.84. The third-order valence-electron chi connectivity index (χ3n) is 4.65. The summed E-state index contributed by atoms with van der Waals surface area (Å²) in [5.41, 5.74) is 6.31. The van der Waals surface area contributed by atoms with Crippen LogP contribution in [0.25, 0.3) is 22.0 Å². The van der Waals surface area contributed by atoms with E-state index in [1.54, 1.807) is 5.48 Å². The topological polar surface area (TPSA) is 62.2 Å². The minimum absolute atomic E-state index is 0.463. The van der Waals surface area contributed by atoms with Gasteiger partial charge in [0.05, 0.1) is 11.4 Å². The van der Waals surface area contributed by atoms with E-state index in [1.165, 1.54) is 0 Å². The summed E-state index contributed by atoms with van der Waals surface area (Å²) < 4.78 is 0. The minimum Gasteiger partial charge on any atom is -0.289 e. The average molecular weight is 354 g/mol. The maximum atomic E-state index is 12.4. The first-order valence-electron chi connectivity index (χ1n) is 8.70. The first-order valence-corrected chi connectivity index (χ1v) is 8.70. The van der Waals surface area contributed by atoms with Crippen LogP contribution in [0, 0.1) is 0 Å². The summed E-state index contributed by atoms with van der Waals surface area (Å²) in [6.45, 7) is 0. The zero-order valence-electron chi connectivity index (χ0n) is 14.5. The van der Waals surface area contributed by atoms with Gasteiger partial charge in [-0.1, -0.05) is 66.7 Å².